The highest BCUT2D eigenvalue weighted by molar-refractivity contribution is 6.17. The highest BCUT2D eigenvalue weighted by atomic mass is 16.7. The number of aliphatic hydroxyl groups is 1. The van der Waals surface area contributed by atoms with Crippen LogP contribution in [-0.4, -0.2) is 37.5 Å². The molecular weight excluding hydrogens is 306 g/mol. The van der Waals surface area contributed by atoms with Crippen molar-refractivity contribution in [3.63, 3.8) is 0 Å². The van der Waals surface area contributed by atoms with E-state index in [1.807, 2.05) is 30.3 Å². The zero-order valence-electron chi connectivity index (χ0n) is 13.1. The molecule has 6 heteroatoms. The molecule has 0 radical (unpaired) electrons. The minimum Gasteiger partial charge on any atom is -0.454 e. The second-order valence-electron chi connectivity index (χ2n) is 6.06. The first-order chi connectivity index (χ1) is 11.8. The van der Waals surface area contributed by atoms with Gasteiger partial charge in [-0.25, -0.2) is 0 Å². The van der Waals surface area contributed by atoms with Gasteiger partial charge < -0.3 is 24.4 Å². The molecule has 0 bridgehead atoms. The SMILES string of the molecule is O[C@H](CN1C2=NCCN2c2ccccc21)c1ccc2c(c1)OCO2. The molecule has 3 aliphatic heterocycles. The van der Waals surface area contributed by atoms with Gasteiger partial charge in [-0.1, -0.05) is 18.2 Å². The lowest BCUT2D eigenvalue weighted by Crippen LogP contribution is -2.37. The third-order valence-electron chi connectivity index (χ3n) is 4.66. The van der Waals surface area contributed by atoms with Gasteiger partial charge in [0, 0.05) is 6.54 Å². The van der Waals surface area contributed by atoms with Gasteiger partial charge >= 0.3 is 0 Å². The number of β-amino-alcohol motifs (C(OH)–C–C–N with tert-alkyl or cyclic N) is 1. The number of aliphatic hydroxyl groups excluding tert-OH is 1. The molecule has 0 saturated heterocycles. The van der Waals surface area contributed by atoms with Gasteiger partial charge in [0.05, 0.1) is 30.6 Å². The summed E-state index contributed by atoms with van der Waals surface area (Å²) >= 11 is 0. The van der Waals surface area contributed by atoms with Crippen LogP contribution in [0.4, 0.5) is 11.4 Å². The maximum absolute atomic E-state index is 10.7. The molecule has 0 aliphatic carbocycles. The highest BCUT2D eigenvalue weighted by Gasteiger charge is 2.36. The normalized spacial score (nSPS) is 18.5. The summed E-state index contributed by atoms with van der Waals surface area (Å²) in [7, 11) is 0. The van der Waals surface area contributed by atoms with Gasteiger partial charge in [0.15, 0.2) is 11.5 Å². The van der Waals surface area contributed by atoms with Gasteiger partial charge in [0.25, 0.3) is 0 Å². The van der Waals surface area contributed by atoms with Crippen LogP contribution >= 0.6 is 0 Å². The minimum atomic E-state index is -0.643. The summed E-state index contributed by atoms with van der Waals surface area (Å²) in [6.45, 7) is 2.37. The van der Waals surface area contributed by atoms with Crippen LogP contribution < -0.4 is 19.3 Å². The maximum Gasteiger partial charge on any atom is 0.231 e. The zero-order chi connectivity index (χ0) is 16.1. The van der Waals surface area contributed by atoms with Gasteiger partial charge in [-0.3, -0.25) is 4.99 Å². The molecule has 1 atom stereocenters. The van der Waals surface area contributed by atoms with Gasteiger partial charge in [-0.2, -0.15) is 0 Å². The van der Waals surface area contributed by atoms with Gasteiger partial charge in [-0.05, 0) is 29.8 Å². The second-order valence-corrected chi connectivity index (χ2v) is 6.06. The molecule has 0 unspecified atom stereocenters. The smallest absolute Gasteiger partial charge is 0.231 e. The summed E-state index contributed by atoms with van der Waals surface area (Å²) < 4.78 is 10.7. The molecule has 2 aromatic carbocycles. The number of hydrogen-bond donors (Lipinski definition) is 1. The Morgan fingerprint density at radius 3 is 2.83 bits per heavy atom. The number of aliphatic imine (C=N–C) groups is 1. The van der Waals surface area contributed by atoms with Crippen LogP contribution in [0.3, 0.4) is 0 Å². The third kappa shape index (κ3) is 1.96. The van der Waals surface area contributed by atoms with Crippen molar-refractivity contribution in [1.82, 2.24) is 0 Å². The van der Waals surface area contributed by atoms with E-state index in [1.165, 1.54) is 0 Å². The molecule has 3 aliphatic rings. The van der Waals surface area contributed by atoms with Crippen molar-refractivity contribution in [2.24, 2.45) is 4.99 Å². The van der Waals surface area contributed by atoms with Crippen LogP contribution in [0.1, 0.15) is 11.7 Å². The van der Waals surface area contributed by atoms with Crippen molar-refractivity contribution in [3.05, 3.63) is 48.0 Å². The summed E-state index contributed by atoms with van der Waals surface area (Å²) in [6, 6.07) is 13.8. The van der Waals surface area contributed by atoms with E-state index in [1.54, 1.807) is 0 Å². The molecule has 122 valence electrons. The van der Waals surface area contributed by atoms with Crippen LogP contribution in [0.25, 0.3) is 0 Å². The fourth-order valence-electron chi connectivity index (χ4n) is 3.50. The molecule has 1 N–H and O–H groups in total. The average Bonchev–Trinajstić information content (AvgIpc) is 3.31. The second kappa shape index (κ2) is 5.14. The predicted octanol–water partition coefficient (Wildman–Crippen LogP) is 2.14. The Hall–Kier alpha value is -2.73. The lowest BCUT2D eigenvalue weighted by molar-refractivity contribution is 0.173. The van der Waals surface area contributed by atoms with Gasteiger partial charge in [0.2, 0.25) is 12.8 Å². The largest absolute Gasteiger partial charge is 0.454 e. The molecule has 2 aromatic rings. The monoisotopic (exact) mass is 323 g/mol. The maximum atomic E-state index is 10.7. The lowest BCUT2D eigenvalue weighted by atomic mass is 10.1. The average molecular weight is 323 g/mol. The van der Waals surface area contributed by atoms with Crippen molar-refractivity contribution in [2.75, 3.05) is 36.2 Å². The summed E-state index contributed by atoms with van der Waals surface area (Å²) in [5.74, 6) is 2.34. The van der Waals surface area contributed by atoms with E-state index in [9.17, 15) is 5.11 Å². The third-order valence-corrected chi connectivity index (χ3v) is 4.66. The quantitative estimate of drug-likeness (QED) is 0.938. The first-order valence-corrected chi connectivity index (χ1v) is 8.07. The molecule has 5 rings (SSSR count). The number of nitrogens with zero attached hydrogens (tertiary/aromatic N) is 3. The van der Waals surface area contributed by atoms with E-state index >= 15 is 0 Å². The number of fused-ring (bicyclic) bond motifs is 4. The minimum absolute atomic E-state index is 0.236. The Balaban J connectivity index is 1.45. The number of rotatable bonds is 3. The van der Waals surface area contributed by atoms with E-state index in [0.717, 1.165) is 41.7 Å². The molecular formula is C18H17N3O3. The lowest BCUT2D eigenvalue weighted by Gasteiger charge is -2.23. The Labute approximate surface area is 139 Å². The van der Waals surface area contributed by atoms with Crippen LogP contribution in [0, 0.1) is 0 Å². The summed E-state index contributed by atoms with van der Waals surface area (Å²) in [5.41, 5.74) is 3.07. The first-order valence-electron chi connectivity index (χ1n) is 8.07. The van der Waals surface area contributed by atoms with Crippen LogP contribution in [0.15, 0.2) is 47.5 Å². The Morgan fingerprint density at radius 1 is 1.08 bits per heavy atom. The van der Waals surface area contributed by atoms with Gasteiger partial charge in [-0.15, -0.1) is 0 Å². The van der Waals surface area contributed by atoms with Crippen molar-refractivity contribution in [2.45, 2.75) is 6.10 Å². The zero-order valence-corrected chi connectivity index (χ0v) is 13.1. The fraction of sp³-hybridized carbons (Fsp3) is 0.278. The molecule has 0 spiro atoms. The van der Waals surface area contributed by atoms with Crippen molar-refractivity contribution in [3.8, 4) is 11.5 Å². The predicted molar refractivity (Wildman–Crippen MR) is 91.0 cm³/mol. The Bertz CT molecular complexity index is 836. The molecule has 6 nitrogen and oxygen atoms in total. The van der Waals surface area contributed by atoms with E-state index in [2.05, 4.69) is 26.9 Å². The topological polar surface area (TPSA) is 57.5 Å². The van der Waals surface area contributed by atoms with Crippen molar-refractivity contribution in [1.29, 1.82) is 0 Å². The molecule has 0 amide bonds. The summed E-state index contributed by atoms with van der Waals surface area (Å²) in [6.07, 6.45) is -0.643. The van der Waals surface area contributed by atoms with Gasteiger partial charge in [0.1, 0.15) is 0 Å². The number of para-hydroxylation sites is 2. The fourth-order valence-corrected chi connectivity index (χ4v) is 3.50. The Kier molecular flexibility index (Phi) is 2.93. The Morgan fingerprint density at radius 2 is 1.92 bits per heavy atom. The van der Waals surface area contributed by atoms with Crippen molar-refractivity contribution >= 4 is 17.3 Å². The van der Waals surface area contributed by atoms with E-state index in [-0.39, 0.29) is 6.79 Å². The van der Waals surface area contributed by atoms with E-state index in [0.29, 0.717) is 12.3 Å². The van der Waals surface area contributed by atoms with Crippen LogP contribution in [0.2, 0.25) is 0 Å². The number of hydrogen-bond acceptors (Lipinski definition) is 6. The molecule has 0 aromatic heterocycles. The number of anilines is 2. The van der Waals surface area contributed by atoms with Crippen molar-refractivity contribution < 1.29 is 14.6 Å². The first kappa shape index (κ1) is 13.7. The molecule has 0 fully saturated rings. The number of guanidine groups is 1. The number of benzene rings is 2. The summed E-state index contributed by atoms with van der Waals surface area (Å²) in [4.78, 5) is 8.92. The standard InChI is InChI=1S/C18H17N3O3/c22-15(12-5-6-16-17(9-12)24-11-23-16)10-21-14-4-2-1-3-13(14)20-8-7-19-18(20)21/h1-6,9,15,22H,7-8,10-11H2/t15-/m1/s1. The molecule has 24 heavy (non-hydrogen) atoms. The molecule has 0 saturated carbocycles. The highest BCUT2D eigenvalue weighted by Crippen LogP contribution is 2.40. The van der Waals surface area contributed by atoms with Crippen LogP contribution in [-0.2, 0) is 0 Å². The van der Waals surface area contributed by atoms with Crippen LogP contribution in [0.5, 0.6) is 11.5 Å². The van der Waals surface area contributed by atoms with E-state index in [4.69, 9.17) is 9.47 Å². The summed E-state index contributed by atoms with van der Waals surface area (Å²) in [5, 5.41) is 10.7. The van der Waals surface area contributed by atoms with E-state index < -0.39 is 6.10 Å². The molecule has 3 heterocycles. The number of ether oxygens (including phenoxy) is 2.